The lowest BCUT2D eigenvalue weighted by Crippen LogP contribution is -2.00. The van der Waals surface area contributed by atoms with E-state index < -0.39 is 0 Å². The highest BCUT2D eigenvalue weighted by Crippen LogP contribution is 2.24. The molecule has 0 aliphatic carbocycles. The third-order valence-corrected chi connectivity index (χ3v) is 2.34. The van der Waals surface area contributed by atoms with E-state index in [0.29, 0.717) is 24.3 Å². The predicted octanol–water partition coefficient (Wildman–Crippen LogP) is 3.16. The van der Waals surface area contributed by atoms with Crippen LogP contribution in [0.15, 0.2) is 18.2 Å². The predicted molar refractivity (Wildman–Crippen MR) is 63.1 cm³/mol. The molecule has 0 fully saturated rings. The van der Waals surface area contributed by atoms with E-state index in [1.807, 2.05) is 13.8 Å². The fraction of sp³-hybridized carbons (Fsp3) is 0.462. The van der Waals surface area contributed by atoms with Gasteiger partial charge in [0.25, 0.3) is 0 Å². The molecule has 3 nitrogen and oxygen atoms in total. The maximum absolute atomic E-state index is 11.8. The molecule has 0 amide bonds. The van der Waals surface area contributed by atoms with Crippen LogP contribution in [0.2, 0.25) is 0 Å². The van der Waals surface area contributed by atoms with Gasteiger partial charge in [-0.1, -0.05) is 13.3 Å². The summed E-state index contributed by atoms with van der Waals surface area (Å²) in [5, 5.41) is 9.60. The minimum atomic E-state index is -0.0269. The number of carbonyl (C=O) groups is 1. The summed E-state index contributed by atoms with van der Waals surface area (Å²) in [5.74, 6) is 0.630. The molecule has 0 aliphatic heterocycles. The third-order valence-electron chi connectivity index (χ3n) is 2.34. The molecule has 3 heteroatoms. The SMILES string of the molecule is CCCCC(=O)c1cc(OCC)ccc1O. The molecule has 1 aromatic rings. The van der Waals surface area contributed by atoms with Crippen molar-refractivity contribution in [2.75, 3.05) is 6.61 Å². The Labute approximate surface area is 96.1 Å². The van der Waals surface area contributed by atoms with Gasteiger partial charge in [-0.25, -0.2) is 0 Å². The molecular formula is C13H18O3. The Morgan fingerprint density at radius 2 is 2.12 bits per heavy atom. The summed E-state index contributed by atoms with van der Waals surface area (Å²) in [6, 6.07) is 4.77. The Morgan fingerprint density at radius 1 is 1.38 bits per heavy atom. The van der Waals surface area contributed by atoms with Gasteiger partial charge in [0.2, 0.25) is 0 Å². The Morgan fingerprint density at radius 3 is 2.75 bits per heavy atom. The molecule has 0 heterocycles. The number of carbonyl (C=O) groups excluding carboxylic acids is 1. The number of hydrogen-bond donors (Lipinski definition) is 1. The molecule has 0 radical (unpaired) electrons. The highest BCUT2D eigenvalue weighted by Gasteiger charge is 2.11. The van der Waals surface area contributed by atoms with Gasteiger partial charge < -0.3 is 9.84 Å². The van der Waals surface area contributed by atoms with Crippen LogP contribution >= 0.6 is 0 Å². The van der Waals surface area contributed by atoms with Gasteiger partial charge in [0.15, 0.2) is 5.78 Å². The second-order valence-corrected chi connectivity index (χ2v) is 3.64. The molecule has 0 aromatic heterocycles. The average molecular weight is 222 g/mol. The van der Waals surface area contributed by atoms with E-state index in [2.05, 4.69) is 0 Å². The number of aromatic hydroxyl groups is 1. The van der Waals surface area contributed by atoms with Crippen LogP contribution in [0.1, 0.15) is 43.5 Å². The van der Waals surface area contributed by atoms with Crippen molar-refractivity contribution in [3.8, 4) is 11.5 Å². The van der Waals surface area contributed by atoms with E-state index in [1.54, 1.807) is 12.1 Å². The monoisotopic (exact) mass is 222 g/mol. The second-order valence-electron chi connectivity index (χ2n) is 3.64. The minimum Gasteiger partial charge on any atom is -0.507 e. The fourth-order valence-electron chi connectivity index (χ4n) is 1.47. The van der Waals surface area contributed by atoms with Crippen LogP contribution in [0.5, 0.6) is 11.5 Å². The second kappa shape index (κ2) is 6.16. The maximum atomic E-state index is 11.8. The molecule has 1 rings (SSSR count). The first-order valence-corrected chi connectivity index (χ1v) is 5.68. The molecule has 0 bridgehead atoms. The van der Waals surface area contributed by atoms with Gasteiger partial charge in [0, 0.05) is 6.42 Å². The van der Waals surface area contributed by atoms with Crippen molar-refractivity contribution in [1.29, 1.82) is 0 Å². The fourth-order valence-corrected chi connectivity index (χ4v) is 1.47. The van der Waals surface area contributed by atoms with E-state index >= 15 is 0 Å². The summed E-state index contributed by atoms with van der Waals surface area (Å²) < 4.78 is 5.29. The Kier molecular flexibility index (Phi) is 4.83. The number of unbranched alkanes of at least 4 members (excludes halogenated alkanes) is 1. The van der Waals surface area contributed by atoms with Crippen molar-refractivity contribution >= 4 is 5.78 Å². The summed E-state index contributed by atoms with van der Waals surface area (Å²) in [6.45, 7) is 4.46. The van der Waals surface area contributed by atoms with Crippen LogP contribution in [0.25, 0.3) is 0 Å². The van der Waals surface area contributed by atoms with Crippen molar-refractivity contribution in [1.82, 2.24) is 0 Å². The van der Waals surface area contributed by atoms with Gasteiger partial charge in [-0.2, -0.15) is 0 Å². The highest BCUT2D eigenvalue weighted by atomic mass is 16.5. The first-order valence-electron chi connectivity index (χ1n) is 5.68. The average Bonchev–Trinajstić information content (AvgIpc) is 2.29. The largest absolute Gasteiger partial charge is 0.507 e. The van der Waals surface area contributed by atoms with Crippen LogP contribution in [0.4, 0.5) is 0 Å². The highest BCUT2D eigenvalue weighted by molar-refractivity contribution is 5.98. The first-order chi connectivity index (χ1) is 7.69. The number of phenolic OH excluding ortho intramolecular Hbond substituents is 1. The zero-order chi connectivity index (χ0) is 12.0. The van der Waals surface area contributed by atoms with Crippen molar-refractivity contribution in [2.24, 2.45) is 0 Å². The van der Waals surface area contributed by atoms with Crippen LogP contribution in [-0.2, 0) is 0 Å². The number of Topliss-reactive ketones (excluding diaryl/α,β-unsaturated/α-hetero) is 1. The molecule has 1 aromatic carbocycles. The smallest absolute Gasteiger partial charge is 0.166 e. The summed E-state index contributed by atoms with van der Waals surface area (Å²) in [4.78, 5) is 11.8. The zero-order valence-corrected chi connectivity index (χ0v) is 9.82. The number of phenols is 1. The molecule has 16 heavy (non-hydrogen) atoms. The standard InChI is InChI=1S/C13H18O3/c1-3-5-6-12(14)11-9-10(16-4-2)7-8-13(11)15/h7-9,15H,3-6H2,1-2H3. The molecular weight excluding hydrogens is 204 g/mol. The minimum absolute atomic E-state index is 0.0269. The van der Waals surface area contributed by atoms with E-state index in [-0.39, 0.29) is 11.5 Å². The number of ketones is 1. The van der Waals surface area contributed by atoms with Gasteiger partial charge in [0.1, 0.15) is 11.5 Å². The van der Waals surface area contributed by atoms with Crippen molar-refractivity contribution in [3.63, 3.8) is 0 Å². The van der Waals surface area contributed by atoms with Crippen LogP contribution in [0.3, 0.4) is 0 Å². The van der Waals surface area contributed by atoms with E-state index in [4.69, 9.17) is 4.74 Å². The lowest BCUT2D eigenvalue weighted by Gasteiger charge is -2.07. The molecule has 0 saturated carbocycles. The normalized spacial score (nSPS) is 10.1. The Bertz CT molecular complexity index is 358. The molecule has 0 spiro atoms. The molecule has 0 unspecified atom stereocenters. The number of rotatable bonds is 6. The quantitative estimate of drug-likeness (QED) is 0.752. The zero-order valence-electron chi connectivity index (χ0n) is 9.82. The van der Waals surface area contributed by atoms with Gasteiger partial charge in [0.05, 0.1) is 12.2 Å². The lowest BCUT2D eigenvalue weighted by molar-refractivity contribution is 0.0976. The molecule has 0 aliphatic rings. The van der Waals surface area contributed by atoms with Crippen molar-refractivity contribution in [2.45, 2.75) is 33.1 Å². The summed E-state index contributed by atoms with van der Waals surface area (Å²) in [5.41, 5.74) is 0.361. The molecule has 0 saturated heterocycles. The Balaban J connectivity index is 2.84. The van der Waals surface area contributed by atoms with Crippen LogP contribution in [0, 0.1) is 0 Å². The van der Waals surface area contributed by atoms with Gasteiger partial charge in [-0.05, 0) is 31.5 Å². The third kappa shape index (κ3) is 3.26. The summed E-state index contributed by atoms with van der Waals surface area (Å²) >= 11 is 0. The van der Waals surface area contributed by atoms with Gasteiger partial charge in [-0.15, -0.1) is 0 Å². The van der Waals surface area contributed by atoms with E-state index in [9.17, 15) is 9.90 Å². The lowest BCUT2D eigenvalue weighted by atomic mass is 10.0. The molecule has 1 N–H and O–H groups in total. The molecule has 0 atom stereocenters. The van der Waals surface area contributed by atoms with Crippen LogP contribution in [-0.4, -0.2) is 17.5 Å². The van der Waals surface area contributed by atoms with Gasteiger partial charge in [-0.3, -0.25) is 4.79 Å². The maximum Gasteiger partial charge on any atom is 0.166 e. The number of hydrogen-bond acceptors (Lipinski definition) is 3. The Hall–Kier alpha value is -1.51. The first kappa shape index (κ1) is 12.6. The number of ether oxygens (including phenoxy) is 1. The van der Waals surface area contributed by atoms with Crippen LogP contribution < -0.4 is 4.74 Å². The molecule has 88 valence electrons. The van der Waals surface area contributed by atoms with Crippen molar-refractivity contribution < 1.29 is 14.6 Å². The summed E-state index contributed by atoms with van der Waals surface area (Å²) in [7, 11) is 0. The topological polar surface area (TPSA) is 46.5 Å². The van der Waals surface area contributed by atoms with Crippen molar-refractivity contribution in [3.05, 3.63) is 23.8 Å². The van der Waals surface area contributed by atoms with E-state index in [0.717, 1.165) is 12.8 Å². The van der Waals surface area contributed by atoms with Gasteiger partial charge >= 0.3 is 0 Å². The number of benzene rings is 1. The summed E-state index contributed by atoms with van der Waals surface area (Å²) in [6.07, 6.45) is 2.29. The van der Waals surface area contributed by atoms with E-state index in [1.165, 1.54) is 6.07 Å².